The lowest BCUT2D eigenvalue weighted by Crippen LogP contribution is -2.40. The second-order valence-corrected chi connectivity index (χ2v) is 7.16. The number of likely N-dealkylation sites (N-methyl/N-ethyl adjacent to an activating group) is 1. The van der Waals surface area contributed by atoms with Crippen molar-refractivity contribution in [3.8, 4) is 0 Å². The number of alkyl halides is 3. The summed E-state index contributed by atoms with van der Waals surface area (Å²) < 4.78 is 38.5. The van der Waals surface area contributed by atoms with Crippen molar-refractivity contribution in [1.29, 1.82) is 0 Å². The van der Waals surface area contributed by atoms with Crippen LogP contribution in [0.15, 0.2) is 16.8 Å². The van der Waals surface area contributed by atoms with E-state index in [1.807, 2.05) is 35.8 Å². The van der Waals surface area contributed by atoms with Crippen LogP contribution in [-0.4, -0.2) is 37.6 Å². The zero-order chi connectivity index (χ0) is 17.0. The van der Waals surface area contributed by atoms with Gasteiger partial charge in [0.05, 0.1) is 12.0 Å². The van der Waals surface area contributed by atoms with Crippen LogP contribution in [0.1, 0.15) is 37.3 Å². The number of hydrogen-bond donors (Lipinski definition) is 1. The van der Waals surface area contributed by atoms with Gasteiger partial charge >= 0.3 is 6.18 Å². The third kappa shape index (κ3) is 4.94. The van der Waals surface area contributed by atoms with Crippen molar-refractivity contribution in [3.63, 3.8) is 0 Å². The zero-order valence-electron chi connectivity index (χ0n) is 13.4. The molecule has 130 valence electrons. The average Bonchev–Trinajstić information content (AvgIpc) is 3.00. The number of hydrogen-bond acceptors (Lipinski definition) is 3. The van der Waals surface area contributed by atoms with Crippen molar-refractivity contribution in [2.75, 3.05) is 20.6 Å². The van der Waals surface area contributed by atoms with Gasteiger partial charge < -0.3 is 10.2 Å². The second kappa shape index (κ2) is 7.66. The highest BCUT2D eigenvalue weighted by molar-refractivity contribution is 7.07. The van der Waals surface area contributed by atoms with Crippen molar-refractivity contribution in [1.82, 2.24) is 10.2 Å². The van der Waals surface area contributed by atoms with Crippen molar-refractivity contribution in [3.05, 3.63) is 22.4 Å². The lowest BCUT2D eigenvalue weighted by atomic mass is 9.80. The summed E-state index contributed by atoms with van der Waals surface area (Å²) in [6, 6.07) is 2.04. The quantitative estimate of drug-likeness (QED) is 0.877. The average molecular weight is 348 g/mol. The first kappa shape index (κ1) is 18.3. The van der Waals surface area contributed by atoms with E-state index in [2.05, 4.69) is 5.32 Å². The molecule has 0 saturated heterocycles. The van der Waals surface area contributed by atoms with Gasteiger partial charge in [0.15, 0.2) is 0 Å². The largest absolute Gasteiger partial charge is 0.391 e. The maximum atomic E-state index is 12.8. The van der Waals surface area contributed by atoms with E-state index >= 15 is 0 Å². The Balaban J connectivity index is 1.91. The van der Waals surface area contributed by atoms with Crippen LogP contribution in [0.5, 0.6) is 0 Å². The molecule has 0 aliphatic heterocycles. The van der Waals surface area contributed by atoms with E-state index in [-0.39, 0.29) is 24.8 Å². The van der Waals surface area contributed by atoms with Crippen LogP contribution in [0.25, 0.3) is 0 Å². The van der Waals surface area contributed by atoms with Gasteiger partial charge in [-0.05, 0) is 55.7 Å². The standard InChI is InChI=1S/C16H23F3N2OS/c1-21(2)14(12-6-7-23-10-12)9-20-15(22)11-4-3-5-13(8-11)16(17,18)19/h6-7,10-11,13-14H,3-5,8-9H2,1-2H3,(H,20,22)/t11-,13+,14-/m1/s1. The normalized spacial score (nSPS) is 23.7. The van der Waals surface area contributed by atoms with Gasteiger partial charge in [-0.1, -0.05) is 6.42 Å². The molecule has 7 heteroatoms. The molecule has 3 nitrogen and oxygen atoms in total. The van der Waals surface area contributed by atoms with Crippen molar-refractivity contribution < 1.29 is 18.0 Å². The molecule has 1 saturated carbocycles. The molecule has 1 heterocycles. The molecule has 23 heavy (non-hydrogen) atoms. The number of halogens is 3. The maximum absolute atomic E-state index is 12.8. The molecule has 1 aromatic heterocycles. The fraction of sp³-hybridized carbons (Fsp3) is 0.688. The molecular formula is C16H23F3N2OS. The van der Waals surface area contributed by atoms with E-state index in [1.54, 1.807) is 11.3 Å². The Morgan fingerprint density at radius 2 is 2.17 bits per heavy atom. The van der Waals surface area contributed by atoms with Gasteiger partial charge in [-0.25, -0.2) is 0 Å². The van der Waals surface area contributed by atoms with E-state index in [0.29, 0.717) is 19.4 Å². The van der Waals surface area contributed by atoms with Gasteiger partial charge in [-0.3, -0.25) is 4.79 Å². The third-order valence-corrected chi connectivity index (χ3v) is 5.23. The first-order chi connectivity index (χ1) is 10.8. The highest BCUT2D eigenvalue weighted by Gasteiger charge is 2.43. The Bertz CT molecular complexity index is 502. The molecule has 1 aliphatic carbocycles. The third-order valence-electron chi connectivity index (χ3n) is 4.53. The molecular weight excluding hydrogens is 325 g/mol. The summed E-state index contributed by atoms with van der Waals surface area (Å²) in [7, 11) is 3.85. The second-order valence-electron chi connectivity index (χ2n) is 6.38. The zero-order valence-corrected chi connectivity index (χ0v) is 14.2. The fourth-order valence-electron chi connectivity index (χ4n) is 3.13. The van der Waals surface area contributed by atoms with Gasteiger partial charge in [0.2, 0.25) is 5.91 Å². The van der Waals surface area contributed by atoms with E-state index in [9.17, 15) is 18.0 Å². The van der Waals surface area contributed by atoms with Gasteiger partial charge in [-0.15, -0.1) is 0 Å². The van der Waals surface area contributed by atoms with Crippen LogP contribution in [-0.2, 0) is 4.79 Å². The molecule has 0 aromatic carbocycles. The topological polar surface area (TPSA) is 32.3 Å². The predicted octanol–water partition coefficient (Wildman–Crippen LogP) is 3.84. The molecule has 2 rings (SSSR count). The molecule has 1 aromatic rings. The Hall–Kier alpha value is -1.08. The Morgan fingerprint density at radius 1 is 1.43 bits per heavy atom. The Morgan fingerprint density at radius 3 is 2.74 bits per heavy atom. The summed E-state index contributed by atoms with van der Waals surface area (Å²) in [6.07, 6.45) is -3.13. The van der Waals surface area contributed by atoms with Gasteiger partial charge in [0.1, 0.15) is 0 Å². The summed E-state index contributed by atoms with van der Waals surface area (Å²) in [5, 5.41) is 6.85. The molecule has 0 bridgehead atoms. The number of nitrogens with one attached hydrogen (secondary N) is 1. The van der Waals surface area contributed by atoms with Crippen LogP contribution in [0, 0.1) is 11.8 Å². The van der Waals surface area contributed by atoms with E-state index in [4.69, 9.17) is 0 Å². The molecule has 1 aliphatic rings. The first-order valence-electron chi connectivity index (χ1n) is 7.82. The summed E-state index contributed by atoms with van der Waals surface area (Å²) >= 11 is 1.59. The van der Waals surface area contributed by atoms with Crippen LogP contribution in [0.3, 0.4) is 0 Å². The van der Waals surface area contributed by atoms with Crippen molar-refractivity contribution in [2.45, 2.75) is 37.9 Å². The molecule has 1 N–H and O–H groups in total. The highest BCUT2D eigenvalue weighted by Crippen LogP contribution is 2.40. The number of nitrogens with zero attached hydrogens (tertiary/aromatic N) is 1. The summed E-state index contributed by atoms with van der Waals surface area (Å²) in [5.74, 6) is -2.12. The Kier molecular flexibility index (Phi) is 6.08. The number of amides is 1. The summed E-state index contributed by atoms with van der Waals surface area (Å²) in [5.41, 5.74) is 1.11. The van der Waals surface area contributed by atoms with Gasteiger partial charge in [0.25, 0.3) is 0 Å². The minimum absolute atomic E-state index is 0.0344. The molecule has 0 spiro atoms. The number of thiophene rings is 1. The van der Waals surface area contributed by atoms with Crippen molar-refractivity contribution >= 4 is 17.2 Å². The SMILES string of the molecule is CN(C)[C@H](CNC(=O)[C@@H]1CCC[C@H](C(F)(F)F)C1)c1ccsc1. The molecule has 1 amide bonds. The maximum Gasteiger partial charge on any atom is 0.391 e. The van der Waals surface area contributed by atoms with Crippen LogP contribution in [0.2, 0.25) is 0 Å². The molecule has 0 radical (unpaired) electrons. The van der Waals surface area contributed by atoms with E-state index in [1.165, 1.54) is 0 Å². The predicted molar refractivity (Wildman–Crippen MR) is 85.3 cm³/mol. The van der Waals surface area contributed by atoms with E-state index < -0.39 is 18.0 Å². The van der Waals surface area contributed by atoms with Crippen molar-refractivity contribution in [2.24, 2.45) is 11.8 Å². The number of carbonyl (C=O) groups excluding carboxylic acids is 1. The van der Waals surface area contributed by atoms with Crippen LogP contribution >= 0.6 is 11.3 Å². The van der Waals surface area contributed by atoms with E-state index in [0.717, 1.165) is 5.56 Å². The number of rotatable bonds is 5. The molecule has 3 atom stereocenters. The summed E-state index contributed by atoms with van der Waals surface area (Å²) in [4.78, 5) is 14.3. The minimum Gasteiger partial charge on any atom is -0.354 e. The highest BCUT2D eigenvalue weighted by atomic mass is 32.1. The van der Waals surface area contributed by atoms with Gasteiger partial charge in [-0.2, -0.15) is 24.5 Å². The summed E-state index contributed by atoms with van der Waals surface area (Å²) in [6.45, 7) is 0.412. The Labute approximate surface area is 138 Å². The fourth-order valence-corrected chi connectivity index (χ4v) is 3.84. The van der Waals surface area contributed by atoms with Crippen LogP contribution < -0.4 is 5.32 Å². The lowest BCUT2D eigenvalue weighted by Gasteiger charge is -2.30. The molecule has 1 fully saturated rings. The first-order valence-corrected chi connectivity index (χ1v) is 8.76. The minimum atomic E-state index is -4.19. The van der Waals surface area contributed by atoms with Crippen LogP contribution in [0.4, 0.5) is 13.2 Å². The van der Waals surface area contributed by atoms with Gasteiger partial charge in [0, 0.05) is 12.5 Å². The lowest BCUT2D eigenvalue weighted by molar-refractivity contribution is -0.186. The molecule has 0 unspecified atom stereocenters. The number of carbonyl (C=O) groups is 1. The monoisotopic (exact) mass is 348 g/mol. The smallest absolute Gasteiger partial charge is 0.354 e.